The summed E-state index contributed by atoms with van der Waals surface area (Å²) in [6, 6.07) is 9.71. The summed E-state index contributed by atoms with van der Waals surface area (Å²) >= 11 is 0. The number of hydrogen-bond donors (Lipinski definition) is 0. The van der Waals surface area contributed by atoms with Crippen molar-refractivity contribution in [1.82, 2.24) is 14.2 Å². The van der Waals surface area contributed by atoms with Gasteiger partial charge in [0.1, 0.15) is 10.7 Å². The van der Waals surface area contributed by atoms with Gasteiger partial charge in [-0.2, -0.15) is 4.31 Å². The van der Waals surface area contributed by atoms with Gasteiger partial charge in [0.25, 0.3) is 0 Å². The van der Waals surface area contributed by atoms with Crippen LogP contribution in [0, 0.1) is 17.2 Å². The molecular formula is C24H30FN3O3S. The number of hydrogen-bond acceptors (Lipinski definition) is 4. The van der Waals surface area contributed by atoms with Crippen molar-refractivity contribution in [3.63, 3.8) is 0 Å². The van der Waals surface area contributed by atoms with E-state index in [1.54, 1.807) is 24.4 Å². The van der Waals surface area contributed by atoms with Crippen molar-refractivity contribution in [2.24, 2.45) is 11.3 Å². The van der Waals surface area contributed by atoms with Crippen molar-refractivity contribution < 1.29 is 17.6 Å². The second-order valence-corrected chi connectivity index (χ2v) is 11.4. The Morgan fingerprint density at radius 2 is 1.94 bits per heavy atom. The summed E-state index contributed by atoms with van der Waals surface area (Å²) in [6.45, 7) is 5.44. The van der Waals surface area contributed by atoms with E-state index in [0.717, 1.165) is 5.56 Å². The summed E-state index contributed by atoms with van der Waals surface area (Å²) in [4.78, 5) is 19.7. The quantitative estimate of drug-likeness (QED) is 0.663. The first-order chi connectivity index (χ1) is 15.2. The molecule has 6 nitrogen and oxygen atoms in total. The van der Waals surface area contributed by atoms with Crippen LogP contribution in [0.5, 0.6) is 0 Å². The highest BCUT2D eigenvalue weighted by atomic mass is 32.2. The van der Waals surface area contributed by atoms with Gasteiger partial charge < -0.3 is 4.90 Å². The fourth-order valence-corrected chi connectivity index (χ4v) is 6.49. The summed E-state index contributed by atoms with van der Waals surface area (Å²) in [5.74, 6) is 0.159. The zero-order valence-electron chi connectivity index (χ0n) is 18.6. The molecule has 1 aromatic heterocycles. The van der Waals surface area contributed by atoms with E-state index in [0.29, 0.717) is 51.2 Å². The van der Waals surface area contributed by atoms with Crippen molar-refractivity contribution >= 4 is 15.9 Å². The highest BCUT2D eigenvalue weighted by Gasteiger charge is 2.53. The van der Waals surface area contributed by atoms with E-state index in [2.05, 4.69) is 18.8 Å². The Bertz CT molecular complexity index is 1070. The lowest BCUT2D eigenvalue weighted by molar-refractivity contribution is -0.139. The van der Waals surface area contributed by atoms with E-state index < -0.39 is 15.4 Å². The number of halogens is 1. The molecule has 1 aromatic carbocycles. The van der Waals surface area contributed by atoms with E-state index in [-0.39, 0.29) is 22.7 Å². The molecule has 0 bridgehead atoms. The van der Waals surface area contributed by atoms with Crippen LogP contribution in [0.25, 0.3) is 0 Å². The average Bonchev–Trinajstić information content (AvgIpc) is 2.99. The van der Waals surface area contributed by atoms with Gasteiger partial charge in [0.05, 0.1) is 5.41 Å². The first kappa shape index (κ1) is 22.9. The van der Waals surface area contributed by atoms with Gasteiger partial charge in [-0.3, -0.25) is 9.78 Å². The lowest BCUT2D eigenvalue weighted by atomic mass is 9.76. The largest absolute Gasteiger partial charge is 0.339 e. The van der Waals surface area contributed by atoms with Crippen LogP contribution in [-0.2, 0) is 21.2 Å². The van der Waals surface area contributed by atoms with Gasteiger partial charge in [-0.15, -0.1) is 0 Å². The predicted octanol–water partition coefficient (Wildman–Crippen LogP) is 3.49. The van der Waals surface area contributed by atoms with Crippen molar-refractivity contribution in [3.8, 4) is 0 Å². The number of carbonyl (C=O) groups is 1. The molecule has 172 valence electrons. The van der Waals surface area contributed by atoms with Gasteiger partial charge >= 0.3 is 0 Å². The molecule has 0 N–H and O–H groups in total. The van der Waals surface area contributed by atoms with E-state index >= 15 is 0 Å². The zero-order chi connectivity index (χ0) is 22.9. The van der Waals surface area contributed by atoms with Crippen molar-refractivity contribution in [1.29, 1.82) is 0 Å². The van der Waals surface area contributed by atoms with Crippen LogP contribution >= 0.6 is 0 Å². The molecule has 4 rings (SSSR count). The summed E-state index contributed by atoms with van der Waals surface area (Å²) < 4.78 is 41.1. The molecule has 32 heavy (non-hydrogen) atoms. The molecule has 0 saturated carbocycles. The van der Waals surface area contributed by atoms with Crippen molar-refractivity contribution in [3.05, 3.63) is 60.2 Å². The number of likely N-dealkylation sites (tertiary alicyclic amines) is 1. The molecule has 0 radical (unpaired) electrons. The third-order valence-corrected chi connectivity index (χ3v) is 8.54. The molecule has 2 aromatic rings. The molecule has 1 spiro atoms. The van der Waals surface area contributed by atoms with Crippen LogP contribution < -0.4 is 0 Å². The normalized spacial score (nSPS) is 21.6. The Morgan fingerprint density at radius 1 is 1.19 bits per heavy atom. The van der Waals surface area contributed by atoms with Crippen LogP contribution in [0.3, 0.4) is 0 Å². The Labute approximate surface area is 189 Å². The summed E-state index contributed by atoms with van der Waals surface area (Å²) in [5, 5.41) is 0. The van der Waals surface area contributed by atoms with Crippen LogP contribution in [0.15, 0.2) is 53.7 Å². The number of rotatable bonds is 6. The molecule has 2 aliphatic rings. The molecule has 2 aliphatic heterocycles. The maximum Gasteiger partial charge on any atom is 0.244 e. The van der Waals surface area contributed by atoms with Crippen molar-refractivity contribution in [2.45, 2.75) is 50.5 Å². The maximum absolute atomic E-state index is 13.7. The topological polar surface area (TPSA) is 70.6 Å². The highest BCUT2D eigenvalue weighted by Crippen LogP contribution is 2.46. The molecule has 2 fully saturated rings. The first-order valence-corrected chi connectivity index (χ1v) is 12.6. The number of carbonyl (C=O) groups excluding carboxylic acids is 1. The molecule has 0 unspecified atom stereocenters. The van der Waals surface area contributed by atoms with E-state index in [4.69, 9.17) is 0 Å². The molecule has 3 heterocycles. The Hall–Kier alpha value is -2.32. The number of benzene rings is 1. The second-order valence-electron chi connectivity index (χ2n) is 9.42. The Morgan fingerprint density at radius 3 is 2.56 bits per heavy atom. The van der Waals surface area contributed by atoms with Gasteiger partial charge in [-0.05, 0) is 61.4 Å². The Kier molecular flexibility index (Phi) is 6.36. The first-order valence-electron chi connectivity index (χ1n) is 11.2. The van der Waals surface area contributed by atoms with Crippen molar-refractivity contribution in [2.75, 3.05) is 19.6 Å². The predicted molar refractivity (Wildman–Crippen MR) is 120 cm³/mol. The number of nitrogens with zero attached hydrogens (tertiary/aromatic N) is 3. The maximum atomic E-state index is 13.7. The fraction of sp³-hybridized carbons (Fsp3) is 0.500. The molecule has 2 saturated heterocycles. The second kappa shape index (κ2) is 8.90. The summed E-state index contributed by atoms with van der Waals surface area (Å²) in [6.07, 6.45) is 5.19. The lowest BCUT2D eigenvalue weighted by Gasteiger charge is -2.37. The third kappa shape index (κ3) is 4.43. The van der Waals surface area contributed by atoms with Crippen LogP contribution in [0.1, 0.15) is 38.7 Å². The summed E-state index contributed by atoms with van der Waals surface area (Å²) in [5.41, 5.74) is 0.332. The van der Waals surface area contributed by atoms with E-state index in [1.165, 1.54) is 22.6 Å². The standard InChI is InChI=1S/C24H30FN3O3S/c1-18(2)17-28-21(14-19-5-3-6-20(25)13-19)15-24(23(28)29)8-11-27(12-9-24)32(30,31)22-7-4-10-26-16-22/h3-7,10,13,16,18,21H,8-9,11-12,14-15,17H2,1-2H3/t21-/m1/s1. The molecule has 1 amide bonds. The number of aromatic nitrogens is 1. The van der Waals surface area contributed by atoms with Crippen LogP contribution in [0.4, 0.5) is 4.39 Å². The smallest absolute Gasteiger partial charge is 0.244 e. The van der Waals surface area contributed by atoms with E-state index in [1.807, 2.05) is 11.0 Å². The third-order valence-electron chi connectivity index (χ3n) is 6.66. The minimum atomic E-state index is -3.62. The number of piperidine rings is 1. The van der Waals surface area contributed by atoms with Crippen LogP contribution in [0.2, 0.25) is 0 Å². The minimum Gasteiger partial charge on any atom is -0.339 e. The van der Waals surface area contributed by atoms with Gasteiger partial charge in [-0.1, -0.05) is 26.0 Å². The van der Waals surface area contributed by atoms with Gasteiger partial charge in [-0.25, -0.2) is 12.8 Å². The SMILES string of the molecule is CC(C)CN1C(=O)C2(CCN(S(=O)(=O)c3cccnc3)CC2)C[C@H]1Cc1cccc(F)c1. The van der Waals surface area contributed by atoms with E-state index in [9.17, 15) is 17.6 Å². The van der Waals surface area contributed by atoms with Gasteiger partial charge in [0.15, 0.2) is 0 Å². The Balaban J connectivity index is 1.52. The van der Waals surface area contributed by atoms with Crippen LogP contribution in [-0.4, -0.2) is 54.2 Å². The minimum absolute atomic E-state index is 0.00631. The number of sulfonamides is 1. The van der Waals surface area contributed by atoms with Gasteiger partial charge in [0, 0.05) is 38.1 Å². The number of pyridine rings is 1. The molecular weight excluding hydrogens is 429 g/mol. The molecule has 1 atom stereocenters. The number of amides is 1. The summed E-state index contributed by atoms with van der Waals surface area (Å²) in [7, 11) is -3.62. The average molecular weight is 460 g/mol. The lowest BCUT2D eigenvalue weighted by Crippen LogP contribution is -2.47. The van der Waals surface area contributed by atoms with Gasteiger partial charge in [0.2, 0.25) is 15.9 Å². The zero-order valence-corrected chi connectivity index (χ0v) is 19.4. The fourth-order valence-electron chi connectivity index (χ4n) is 5.08. The monoisotopic (exact) mass is 459 g/mol. The molecule has 8 heteroatoms. The highest BCUT2D eigenvalue weighted by molar-refractivity contribution is 7.89. The molecule has 0 aliphatic carbocycles.